The highest BCUT2D eigenvalue weighted by molar-refractivity contribution is 6.31. The molecule has 16 heavy (non-hydrogen) atoms. The molecule has 1 atom stereocenters. The molecule has 1 saturated carbocycles. The van der Waals surface area contributed by atoms with E-state index in [9.17, 15) is 9.59 Å². The average molecular weight is 249 g/mol. The monoisotopic (exact) mass is 248 g/mol. The Morgan fingerprint density at radius 1 is 1.50 bits per heavy atom. The minimum Gasteiger partial charge on any atom is -0.379 e. The zero-order valence-electron chi connectivity index (χ0n) is 9.29. The molecule has 1 aliphatic carbocycles. The number of halogens is 1. The van der Waals surface area contributed by atoms with E-state index in [-0.39, 0.29) is 0 Å². The zero-order valence-corrected chi connectivity index (χ0v) is 10.0. The van der Waals surface area contributed by atoms with Crippen molar-refractivity contribution in [1.29, 1.82) is 0 Å². The van der Waals surface area contributed by atoms with Crippen molar-refractivity contribution in [3.8, 4) is 0 Å². The zero-order chi connectivity index (χ0) is 12.0. The fraction of sp³-hybridized carbons (Fsp3) is 0.800. The number of urea groups is 1. The predicted molar refractivity (Wildman–Crippen MR) is 60.4 cm³/mol. The second-order valence-corrected chi connectivity index (χ2v) is 4.53. The molecule has 3 amide bonds. The quantitative estimate of drug-likeness (QED) is 0.541. The molecule has 1 rings (SSSR count). The smallest absolute Gasteiger partial charge is 0.321 e. The molecule has 92 valence electrons. The highest BCUT2D eigenvalue weighted by Crippen LogP contribution is 2.28. The maximum absolute atomic E-state index is 11.1. The summed E-state index contributed by atoms with van der Waals surface area (Å²) >= 11 is 5.48. The number of amides is 3. The maximum atomic E-state index is 11.1. The van der Waals surface area contributed by atoms with Crippen molar-refractivity contribution >= 4 is 23.5 Å². The molecule has 0 saturated heterocycles. The molecule has 1 aliphatic rings. The number of nitrogens with one attached hydrogen (secondary N) is 2. The average Bonchev–Trinajstić information content (AvgIpc) is 3.00. The second-order valence-electron chi connectivity index (χ2n) is 3.88. The lowest BCUT2D eigenvalue weighted by atomic mass is 10.4. The van der Waals surface area contributed by atoms with Crippen LogP contribution in [0.25, 0.3) is 0 Å². The lowest BCUT2D eigenvalue weighted by Gasteiger charge is -2.07. The van der Waals surface area contributed by atoms with Gasteiger partial charge in [0.05, 0.1) is 6.61 Å². The van der Waals surface area contributed by atoms with Crippen LogP contribution in [0.3, 0.4) is 0 Å². The molecule has 0 aromatic heterocycles. The standard InChI is InChI=1S/C10H17ClN2O3/c1-7(11)9(14)13-10(15)12-4-5-16-6-8-2-3-8/h7-8H,2-6H2,1H3,(H2,12,13,14,15). The third-order valence-corrected chi connectivity index (χ3v) is 2.38. The fourth-order valence-corrected chi connectivity index (χ4v) is 1.08. The third kappa shape index (κ3) is 5.92. The Kier molecular flexibility index (Phi) is 5.55. The lowest BCUT2D eigenvalue weighted by Crippen LogP contribution is -2.43. The van der Waals surface area contributed by atoms with Gasteiger partial charge < -0.3 is 10.1 Å². The summed E-state index contributed by atoms with van der Waals surface area (Å²) in [5.74, 6) is 0.213. The maximum Gasteiger partial charge on any atom is 0.321 e. The summed E-state index contributed by atoms with van der Waals surface area (Å²) in [6.07, 6.45) is 2.49. The van der Waals surface area contributed by atoms with Gasteiger partial charge in [-0.2, -0.15) is 0 Å². The molecule has 0 spiro atoms. The Morgan fingerprint density at radius 3 is 2.75 bits per heavy atom. The van der Waals surface area contributed by atoms with Crippen molar-refractivity contribution in [2.24, 2.45) is 5.92 Å². The Hall–Kier alpha value is -0.810. The van der Waals surface area contributed by atoms with Crippen LogP contribution in [0.1, 0.15) is 19.8 Å². The Morgan fingerprint density at radius 2 is 2.19 bits per heavy atom. The Bertz CT molecular complexity index is 254. The molecule has 0 bridgehead atoms. The van der Waals surface area contributed by atoms with Gasteiger partial charge in [-0.05, 0) is 25.7 Å². The minimum atomic E-state index is -0.711. The number of alkyl halides is 1. The molecule has 0 heterocycles. The van der Waals surface area contributed by atoms with Crippen molar-refractivity contribution in [2.45, 2.75) is 25.1 Å². The van der Waals surface area contributed by atoms with Crippen LogP contribution in [0.5, 0.6) is 0 Å². The summed E-state index contributed by atoms with van der Waals surface area (Å²) in [6.45, 7) is 3.13. The number of imide groups is 1. The molecule has 1 unspecified atom stereocenters. The van der Waals surface area contributed by atoms with Gasteiger partial charge in [0, 0.05) is 13.2 Å². The number of ether oxygens (including phenoxy) is 1. The summed E-state index contributed by atoms with van der Waals surface area (Å²) in [4.78, 5) is 22.1. The number of hydrogen-bond donors (Lipinski definition) is 2. The van der Waals surface area contributed by atoms with Gasteiger partial charge in [-0.1, -0.05) is 0 Å². The molecule has 6 heteroatoms. The normalized spacial score (nSPS) is 16.6. The summed E-state index contributed by atoms with van der Waals surface area (Å²) < 4.78 is 5.31. The van der Waals surface area contributed by atoms with E-state index in [4.69, 9.17) is 16.3 Å². The van der Waals surface area contributed by atoms with Gasteiger partial charge >= 0.3 is 6.03 Å². The van der Waals surface area contributed by atoms with Crippen molar-refractivity contribution in [3.05, 3.63) is 0 Å². The Labute approximate surface area is 99.9 Å². The first-order valence-corrected chi connectivity index (χ1v) is 5.83. The largest absolute Gasteiger partial charge is 0.379 e. The van der Waals surface area contributed by atoms with E-state index < -0.39 is 17.3 Å². The molecule has 0 aliphatic heterocycles. The molecule has 0 aromatic carbocycles. The molecular formula is C10H17ClN2O3. The minimum absolute atomic E-state index is 0.391. The van der Waals surface area contributed by atoms with E-state index >= 15 is 0 Å². The molecular weight excluding hydrogens is 232 g/mol. The van der Waals surface area contributed by atoms with Gasteiger partial charge in [0.15, 0.2) is 0 Å². The van der Waals surface area contributed by atoms with E-state index in [1.165, 1.54) is 19.8 Å². The molecule has 0 radical (unpaired) electrons. The highest BCUT2D eigenvalue weighted by Gasteiger charge is 2.20. The van der Waals surface area contributed by atoms with Crippen LogP contribution in [0.4, 0.5) is 4.79 Å². The molecule has 2 N–H and O–H groups in total. The van der Waals surface area contributed by atoms with Crippen molar-refractivity contribution in [1.82, 2.24) is 10.6 Å². The summed E-state index contributed by atoms with van der Waals surface area (Å²) in [6, 6.07) is -0.535. The van der Waals surface area contributed by atoms with Gasteiger partial charge in [0.25, 0.3) is 0 Å². The number of hydrogen-bond acceptors (Lipinski definition) is 3. The number of carbonyl (C=O) groups excluding carboxylic acids is 2. The van der Waals surface area contributed by atoms with Gasteiger partial charge in [0.1, 0.15) is 5.38 Å². The highest BCUT2D eigenvalue weighted by atomic mass is 35.5. The van der Waals surface area contributed by atoms with Crippen LogP contribution in [-0.4, -0.2) is 37.1 Å². The van der Waals surface area contributed by atoms with E-state index in [1.54, 1.807) is 0 Å². The number of rotatable bonds is 6. The van der Waals surface area contributed by atoms with E-state index in [2.05, 4.69) is 10.6 Å². The first-order valence-electron chi connectivity index (χ1n) is 5.40. The fourth-order valence-electron chi connectivity index (χ4n) is 1.03. The van der Waals surface area contributed by atoms with Gasteiger partial charge in [-0.15, -0.1) is 11.6 Å². The van der Waals surface area contributed by atoms with Crippen LogP contribution in [0, 0.1) is 5.92 Å². The van der Waals surface area contributed by atoms with Crippen LogP contribution in [0.2, 0.25) is 0 Å². The van der Waals surface area contributed by atoms with Crippen LogP contribution in [-0.2, 0) is 9.53 Å². The van der Waals surface area contributed by atoms with Crippen molar-refractivity contribution in [2.75, 3.05) is 19.8 Å². The Balaban J connectivity index is 1.94. The van der Waals surface area contributed by atoms with E-state index in [0.29, 0.717) is 19.1 Å². The molecule has 5 nitrogen and oxygen atoms in total. The van der Waals surface area contributed by atoms with Crippen LogP contribution < -0.4 is 10.6 Å². The summed E-state index contributed by atoms with van der Waals surface area (Å²) in [5, 5.41) is 3.91. The van der Waals surface area contributed by atoms with Gasteiger partial charge in [0.2, 0.25) is 5.91 Å². The molecule has 1 fully saturated rings. The third-order valence-electron chi connectivity index (χ3n) is 2.18. The van der Waals surface area contributed by atoms with Crippen molar-refractivity contribution in [3.63, 3.8) is 0 Å². The lowest BCUT2D eigenvalue weighted by molar-refractivity contribution is -0.119. The first kappa shape index (κ1) is 13.3. The first-order chi connectivity index (χ1) is 7.59. The molecule has 0 aromatic rings. The SMILES string of the molecule is CC(Cl)C(=O)NC(=O)NCCOCC1CC1. The van der Waals surface area contributed by atoms with Crippen LogP contribution >= 0.6 is 11.6 Å². The van der Waals surface area contributed by atoms with E-state index in [1.807, 2.05) is 0 Å². The van der Waals surface area contributed by atoms with Gasteiger partial charge in [-0.3, -0.25) is 10.1 Å². The topological polar surface area (TPSA) is 67.4 Å². The van der Waals surface area contributed by atoms with Crippen molar-refractivity contribution < 1.29 is 14.3 Å². The second kappa shape index (κ2) is 6.70. The predicted octanol–water partition coefficient (Wildman–Crippen LogP) is 0.866. The van der Waals surface area contributed by atoms with E-state index in [0.717, 1.165) is 6.61 Å². The van der Waals surface area contributed by atoms with Gasteiger partial charge in [-0.25, -0.2) is 4.79 Å². The van der Waals surface area contributed by atoms with Crippen LogP contribution in [0.15, 0.2) is 0 Å². The summed E-state index contributed by atoms with van der Waals surface area (Å²) in [7, 11) is 0. The summed E-state index contributed by atoms with van der Waals surface area (Å²) in [5.41, 5.74) is 0. The number of carbonyl (C=O) groups is 2.